The van der Waals surface area contributed by atoms with Gasteiger partial charge in [-0.25, -0.2) is 29.9 Å². The van der Waals surface area contributed by atoms with E-state index in [9.17, 15) is 0 Å². The first-order chi connectivity index (χ1) is 69.0. The number of thiazole rings is 2. The lowest BCUT2D eigenvalue weighted by molar-refractivity contribution is 0.487. The van der Waals surface area contributed by atoms with Crippen LogP contribution >= 0.6 is 68.0 Å². The molecular weight excluding hydrogens is 1910 g/mol. The lowest BCUT2D eigenvalue weighted by atomic mass is 10.1. The quantitative estimate of drug-likeness (QED) is 0.0832. The van der Waals surface area contributed by atoms with Gasteiger partial charge >= 0.3 is 0 Å². The van der Waals surface area contributed by atoms with Gasteiger partial charge in [0.05, 0.1) is 46.9 Å². The molecule has 0 atom stereocenters. The first kappa shape index (κ1) is 135. The summed E-state index contributed by atoms with van der Waals surface area (Å²) in [4.78, 5) is 39.0. The van der Waals surface area contributed by atoms with E-state index in [1.807, 2.05) is 163 Å². The lowest BCUT2D eigenvalue weighted by Gasteiger charge is -2.04. The Balaban J connectivity index is 0.00000153. The molecule has 146 heavy (non-hydrogen) atoms. The highest BCUT2D eigenvalue weighted by molar-refractivity contribution is 7.10. The number of aromatic nitrogens is 15. The van der Waals surface area contributed by atoms with Crippen molar-refractivity contribution in [3.05, 3.63) is 406 Å². The minimum atomic E-state index is 0. The average molecular weight is 2090 g/mol. The zero-order valence-corrected chi connectivity index (χ0v) is 99.2. The summed E-state index contributed by atoms with van der Waals surface area (Å²) in [5, 5.41) is 33.3. The number of aryl methyl sites for hydroxylation is 2. The second kappa shape index (κ2) is 82.0. The highest BCUT2D eigenvalue weighted by Gasteiger charge is 2.08. The summed E-state index contributed by atoms with van der Waals surface area (Å²) < 4.78 is 14.2. The fourth-order valence-corrected chi connectivity index (χ4v) is 15.8. The normalized spacial score (nSPS) is 10.2. The monoisotopic (exact) mass is 2090 g/mol. The van der Waals surface area contributed by atoms with Crippen molar-refractivity contribution in [3.63, 3.8) is 0 Å². The summed E-state index contributed by atoms with van der Waals surface area (Å²) in [6.45, 7) is 73.5. The van der Waals surface area contributed by atoms with Crippen LogP contribution in [0.5, 0.6) is 0 Å². The second-order valence-corrected chi connectivity index (χ2v) is 44.4. The Hall–Kier alpha value is -11.1. The van der Waals surface area contributed by atoms with Crippen LogP contribution in [-0.2, 0) is 14.1 Å². The number of rotatable bonds is 17. The molecule has 23 heteroatoms. The van der Waals surface area contributed by atoms with Gasteiger partial charge < -0.3 is 18.0 Å². The molecule has 0 saturated carbocycles. The van der Waals surface area contributed by atoms with Crippen molar-refractivity contribution >= 4 is 68.0 Å². The number of hydrogen-bond acceptors (Lipinski definition) is 21. The minimum absolute atomic E-state index is 0. The Morgan fingerprint density at radius 2 is 0.801 bits per heavy atom. The predicted octanol–water partition coefficient (Wildman–Crippen LogP) is 38.8. The van der Waals surface area contributed by atoms with E-state index in [1.165, 1.54) is 70.7 Å². The number of pyridine rings is 3. The maximum absolute atomic E-state index is 5.09. The molecule has 0 bridgehead atoms. The maximum Gasteiger partial charge on any atom is 0.115 e. The van der Waals surface area contributed by atoms with E-state index < -0.39 is 0 Å². The second-order valence-electron chi connectivity index (χ2n) is 39.2. The van der Waals surface area contributed by atoms with Gasteiger partial charge in [0.1, 0.15) is 18.4 Å². The molecule has 0 aliphatic heterocycles. The van der Waals surface area contributed by atoms with Crippen LogP contribution in [0.3, 0.4) is 0 Å². The fraction of sp³-hybridized carbons (Fsp3) is 0.439. The average Bonchev–Trinajstić information content (AvgIpc) is 1.77. The SMILES string of the molecule is C.CC(C)c1ccccn1.CC(C)c1cccn1C.CC(C)c1cccnc1.CC(C)c1cccnn1.CC(C)c1ccco1.CC(C)c1cccs1.CC(C)c1cccs1.CC(C)c1ccn(C)c1.CC(C)c1ccncc1.CC(C)c1ccncn1.CC(C)c1ccnnc1.CC(C)c1ccoc1.CC(C)c1ccsc1.CC(C)c1ccsc1.CC(C)c1cncnc1.CC(C)c1cscn1.CC(C)c1nccs1. The van der Waals surface area contributed by atoms with Crippen molar-refractivity contribution in [2.24, 2.45) is 14.1 Å². The molecule has 0 fully saturated rings. The highest BCUT2D eigenvalue weighted by atomic mass is 32.1. The van der Waals surface area contributed by atoms with E-state index in [0.717, 1.165) is 22.8 Å². The predicted molar refractivity (Wildman–Crippen MR) is 637 cm³/mol. The van der Waals surface area contributed by atoms with Gasteiger partial charge in [0.15, 0.2) is 0 Å². The van der Waals surface area contributed by atoms with Crippen LogP contribution < -0.4 is 0 Å². The molecule has 17 aromatic heterocycles. The highest BCUT2D eigenvalue weighted by Crippen LogP contribution is 2.25. The van der Waals surface area contributed by atoms with Crippen LogP contribution in [0, 0.1) is 0 Å². The van der Waals surface area contributed by atoms with Crippen molar-refractivity contribution in [1.29, 1.82) is 0 Å². The summed E-state index contributed by atoms with van der Waals surface area (Å²) in [6.07, 6.45) is 36.3. The topological polar surface area (TPSA) is 204 Å². The molecule has 0 amide bonds. The number of nitrogens with zero attached hydrogens (tertiary/aromatic N) is 15. The molecule has 0 spiro atoms. The third kappa shape index (κ3) is 65.5. The van der Waals surface area contributed by atoms with E-state index in [-0.39, 0.29) is 7.43 Å². The Kier molecular flexibility index (Phi) is 75.8. The van der Waals surface area contributed by atoms with Crippen LogP contribution in [0.2, 0.25) is 0 Å². The minimum Gasteiger partial charge on any atom is -0.472 e. The van der Waals surface area contributed by atoms with Crippen LogP contribution in [0.1, 0.15) is 437 Å². The number of hydrogen-bond donors (Lipinski definition) is 0. The number of furan rings is 2. The smallest absolute Gasteiger partial charge is 0.115 e. The molecule has 0 saturated heterocycles. The summed E-state index contributed by atoms with van der Waals surface area (Å²) in [6, 6.07) is 47.1. The Bertz CT molecular complexity index is 4670. The molecule has 0 aliphatic rings. The van der Waals surface area contributed by atoms with E-state index in [4.69, 9.17) is 8.83 Å². The van der Waals surface area contributed by atoms with Crippen molar-refractivity contribution in [2.45, 2.75) is 343 Å². The largest absolute Gasteiger partial charge is 0.472 e. The Morgan fingerprint density at radius 1 is 0.274 bits per heavy atom. The van der Waals surface area contributed by atoms with Crippen LogP contribution in [0.15, 0.2) is 321 Å². The van der Waals surface area contributed by atoms with Gasteiger partial charge in [-0.15, -0.1) is 45.3 Å². The van der Waals surface area contributed by atoms with Gasteiger partial charge in [0, 0.05) is 150 Å². The summed E-state index contributed by atoms with van der Waals surface area (Å²) in [5.74, 6) is 11.3. The summed E-state index contributed by atoms with van der Waals surface area (Å²) in [7, 11) is 4.13. The van der Waals surface area contributed by atoms with E-state index in [0.29, 0.717) is 101 Å². The Morgan fingerprint density at radius 3 is 1.05 bits per heavy atom. The van der Waals surface area contributed by atoms with E-state index in [2.05, 4.69) is 434 Å². The molecule has 0 N–H and O–H groups in total. The van der Waals surface area contributed by atoms with Gasteiger partial charge in [-0.1, -0.05) is 267 Å². The van der Waals surface area contributed by atoms with Crippen molar-refractivity contribution in [3.8, 4) is 0 Å². The summed E-state index contributed by atoms with van der Waals surface area (Å²) >= 11 is 10.6. The molecule has 0 radical (unpaired) electrons. The molecule has 0 aromatic carbocycles. The van der Waals surface area contributed by atoms with Crippen molar-refractivity contribution in [1.82, 2.24) is 74.4 Å². The zero-order chi connectivity index (χ0) is 108. The molecular formula is C123H181N15O2S6. The van der Waals surface area contributed by atoms with E-state index in [1.54, 1.807) is 108 Å². The Labute approximate surface area is 907 Å². The standard InChI is InChI=1S/2C8H13N.3C8H11N.4C7H10N2.2C7H10O.4C7H10S.2C6H9NS.CH4/c1-7(2)8-4-5-9(3)6-8;1-7(2)8-5-4-6-9(8)3;1-7(2)8-3-5-9-6-4-8;1-7(2)8-4-3-5-9-6-8;1-7(2)8-5-3-4-6-9-8;1-6(2)7-3-8-5-9-4-7;1-6(2)7-3-4-8-5-9-7;1-6(2)7-3-4-8-9-5-7;1-6(2)7-4-3-5-8-9-7;1-6(2)7-3-4-8-5-7;1-6(2)7-4-3-5-8-7;2*1-6(2)7-3-4-8-5-7;2*1-6(2)7-4-3-5-8-7;1-5(2)6-3-8-4-7-6;1-5(2)6-7-3-4-8-6;/h2*4-7H,1-3H3;3*3-7H,1-2H3;4*3-6H,1-2H3;6*3-6H,1-2H3;2*3-5H,1-2H3;1H4. The van der Waals surface area contributed by atoms with Gasteiger partial charge in [0.25, 0.3) is 0 Å². The van der Waals surface area contributed by atoms with E-state index >= 15 is 0 Å². The third-order valence-corrected chi connectivity index (χ3v) is 26.4. The van der Waals surface area contributed by atoms with Gasteiger partial charge in [-0.2, -0.15) is 43.1 Å². The fourth-order valence-electron chi connectivity index (χ4n) is 11.3. The zero-order valence-electron chi connectivity index (χ0n) is 94.3. The van der Waals surface area contributed by atoms with Gasteiger partial charge in [-0.3, -0.25) is 15.0 Å². The summed E-state index contributed by atoms with van der Waals surface area (Å²) in [5.41, 5.74) is 18.5. The molecule has 17 aromatic rings. The van der Waals surface area contributed by atoms with Crippen LogP contribution in [0.4, 0.5) is 0 Å². The van der Waals surface area contributed by atoms with Crippen molar-refractivity contribution in [2.75, 3.05) is 0 Å². The van der Waals surface area contributed by atoms with Crippen LogP contribution in [-0.4, -0.2) is 74.4 Å². The first-order valence-corrected chi connectivity index (χ1v) is 56.4. The van der Waals surface area contributed by atoms with Crippen LogP contribution in [0.25, 0.3) is 0 Å². The molecule has 796 valence electrons. The maximum atomic E-state index is 5.09. The molecule has 17 nitrogen and oxygen atoms in total. The lowest BCUT2D eigenvalue weighted by Crippen LogP contribution is -1.95. The molecule has 0 unspecified atom stereocenters. The molecule has 17 rings (SSSR count). The molecule has 17 heterocycles. The van der Waals surface area contributed by atoms with Gasteiger partial charge in [-0.05, 0) is 281 Å². The number of thiophene rings is 4. The first-order valence-electron chi connectivity index (χ1n) is 50.9. The van der Waals surface area contributed by atoms with Gasteiger partial charge in [0.2, 0.25) is 0 Å². The molecule has 0 aliphatic carbocycles. The third-order valence-electron chi connectivity index (χ3n) is 21.0. The van der Waals surface area contributed by atoms with Crippen molar-refractivity contribution < 1.29 is 8.83 Å².